The predicted octanol–water partition coefficient (Wildman–Crippen LogP) is 3.60. The molecular formula is C24H36O6. The molecular weight excluding hydrogens is 384 g/mol. The van der Waals surface area contributed by atoms with Crippen molar-refractivity contribution < 1.29 is 29.5 Å². The Kier molecular flexibility index (Phi) is 8.54. The predicted molar refractivity (Wildman–Crippen MR) is 113 cm³/mol. The number of ether oxygens (including phenoxy) is 1. The molecule has 30 heavy (non-hydrogen) atoms. The fourth-order valence-corrected chi connectivity index (χ4v) is 5.35. The first kappa shape index (κ1) is 23.0. The van der Waals surface area contributed by atoms with E-state index in [2.05, 4.69) is 22.8 Å². The molecule has 0 radical (unpaired) electrons. The second-order valence-corrected chi connectivity index (χ2v) is 8.83. The number of benzene rings is 1. The van der Waals surface area contributed by atoms with Gasteiger partial charge in [0, 0.05) is 0 Å². The molecule has 0 aromatic heterocycles. The lowest BCUT2D eigenvalue weighted by Gasteiger charge is -2.32. The summed E-state index contributed by atoms with van der Waals surface area (Å²) in [6.07, 6.45) is 7.90. The van der Waals surface area contributed by atoms with E-state index in [1.807, 2.05) is 12.1 Å². The van der Waals surface area contributed by atoms with Crippen molar-refractivity contribution in [2.75, 3.05) is 13.7 Å². The van der Waals surface area contributed by atoms with Crippen molar-refractivity contribution >= 4 is 5.97 Å². The number of rotatable bonds is 11. The van der Waals surface area contributed by atoms with Crippen LogP contribution in [0.2, 0.25) is 0 Å². The fourth-order valence-electron chi connectivity index (χ4n) is 5.35. The monoisotopic (exact) mass is 420 g/mol. The number of fused-ring (bicyclic) bond motifs is 2. The maximum atomic E-state index is 11.5. The smallest absolute Gasteiger partial charge is 0.379 e. The van der Waals surface area contributed by atoms with Crippen LogP contribution in [-0.4, -0.2) is 42.1 Å². The molecule has 1 fully saturated rings. The zero-order valence-electron chi connectivity index (χ0n) is 18.2. The molecule has 0 bridgehead atoms. The summed E-state index contributed by atoms with van der Waals surface area (Å²) in [7, 11) is 1.29. The molecule has 4 unspecified atom stereocenters. The van der Waals surface area contributed by atoms with Gasteiger partial charge in [0.15, 0.2) is 6.61 Å². The summed E-state index contributed by atoms with van der Waals surface area (Å²) in [5, 5.41) is 21.1. The van der Waals surface area contributed by atoms with E-state index in [1.54, 1.807) is 0 Å². The Morgan fingerprint density at radius 3 is 2.83 bits per heavy atom. The Morgan fingerprint density at radius 1 is 1.23 bits per heavy atom. The zero-order chi connectivity index (χ0) is 21.5. The molecule has 0 amide bonds. The molecule has 0 heterocycles. The van der Waals surface area contributed by atoms with E-state index >= 15 is 0 Å². The standard InChI is InChI=1S/C24H36O6/c1-3-4-5-8-18(25)10-11-19-20-12-16-7-6-9-23(29-15-24(27)30-28-2)21(16)13-17(20)14-22(19)26/h6-7,9,17-20,22,25-26H,3-5,8,10-15H2,1-2H3/t17?,18?,19?,20?,22-/m1/s1. The topological polar surface area (TPSA) is 85.2 Å². The SMILES string of the molecule is CCCCCC(O)CCC1C2Cc3cccc(OCC(=O)OOC)c3CC2C[C@H]1O. The van der Waals surface area contributed by atoms with E-state index in [-0.39, 0.29) is 24.7 Å². The van der Waals surface area contributed by atoms with Gasteiger partial charge in [0.25, 0.3) is 0 Å². The van der Waals surface area contributed by atoms with E-state index < -0.39 is 5.97 Å². The minimum Gasteiger partial charge on any atom is -0.481 e. The van der Waals surface area contributed by atoms with Crippen LogP contribution in [0.3, 0.4) is 0 Å². The first-order chi connectivity index (χ1) is 14.5. The molecule has 5 atom stereocenters. The number of aliphatic hydroxyl groups excluding tert-OH is 2. The van der Waals surface area contributed by atoms with E-state index in [4.69, 9.17) is 4.74 Å². The van der Waals surface area contributed by atoms with Gasteiger partial charge in [-0.15, -0.1) is 0 Å². The number of carbonyl (C=O) groups is 1. The number of unbranched alkanes of at least 4 members (excludes halogenated alkanes) is 2. The summed E-state index contributed by atoms with van der Waals surface area (Å²) >= 11 is 0. The lowest BCUT2D eigenvalue weighted by Crippen LogP contribution is -2.28. The Hall–Kier alpha value is -1.63. The van der Waals surface area contributed by atoms with Crippen LogP contribution in [0.5, 0.6) is 5.75 Å². The van der Waals surface area contributed by atoms with E-state index in [9.17, 15) is 15.0 Å². The molecule has 2 aliphatic carbocycles. The first-order valence-electron chi connectivity index (χ1n) is 11.4. The van der Waals surface area contributed by atoms with Gasteiger partial charge in [0.1, 0.15) is 5.75 Å². The molecule has 1 aromatic carbocycles. The first-order valence-corrected chi connectivity index (χ1v) is 11.4. The van der Waals surface area contributed by atoms with Crippen LogP contribution in [0.15, 0.2) is 18.2 Å². The van der Waals surface area contributed by atoms with Crippen LogP contribution in [0.1, 0.15) is 63.0 Å². The van der Waals surface area contributed by atoms with Crippen molar-refractivity contribution in [2.45, 2.75) is 76.9 Å². The van der Waals surface area contributed by atoms with E-state index in [1.165, 1.54) is 12.7 Å². The minimum absolute atomic E-state index is 0.195. The van der Waals surface area contributed by atoms with Crippen LogP contribution < -0.4 is 4.74 Å². The third kappa shape index (κ3) is 5.74. The average Bonchev–Trinajstić information content (AvgIpc) is 3.03. The highest BCUT2D eigenvalue weighted by Gasteiger charge is 2.44. The Balaban J connectivity index is 1.60. The summed E-state index contributed by atoms with van der Waals surface area (Å²) in [6, 6.07) is 5.95. The highest BCUT2D eigenvalue weighted by molar-refractivity contribution is 5.70. The van der Waals surface area contributed by atoms with Gasteiger partial charge in [-0.1, -0.05) is 38.3 Å². The van der Waals surface area contributed by atoms with Crippen LogP contribution in [0.4, 0.5) is 0 Å². The van der Waals surface area contributed by atoms with Crippen LogP contribution >= 0.6 is 0 Å². The minimum atomic E-state index is -0.572. The normalized spacial score (nSPS) is 26.0. The molecule has 1 saturated carbocycles. The molecule has 3 rings (SSSR count). The van der Waals surface area contributed by atoms with Crippen molar-refractivity contribution in [1.29, 1.82) is 0 Å². The average molecular weight is 421 g/mol. The Morgan fingerprint density at radius 2 is 2.07 bits per heavy atom. The summed E-state index contributed by atoms with van der Waals surface area (Å²) in [4.78, 5) is 20.4. The highest BCUT2D eigenvalue weighted by Crippen LogP contribution is 2.48. The van der Waals surface area contributed by atoms with E-state index in [0.717, 1.165) is 63.4 Å². The Bertz CT molecular complexity index is 690. The van der Waals surface area contributed by atoms with Crippen molar-refractivity contribution in [2.24, 2.45) is 17.8 Å². The molecule has 6 nitrogen and oxygen atoms in total. The summed E-state index contributed by atoms with van der Waals surface area (Å²) in [5.41, 5.74) is 2.37. The molecule has 0 aliphatic heterocycles. The Labute approximate surface area is 179 Å². The van der Waals surface area contributed by atoms with Gasteiger partial charge in [-0.2, -0.15) is 4.89 Å². The summed E-state index contributed by atoms with van der Waals surface area (Å²) in [6.45, 7) is 1.98. The van der Waals surface area contributed by atoms with Crippen molar-refractivity contribution in [3.8, 4) is 5.75 Å². The van der Waals surface area contributed by atoms with Gasteiger partial charge in [0.05, 0.1) is 19.3 Å². The number of hydrogen-bond donors (Lipinski definition) is 2. The van der Waals surface area contributed by atoms with Gasteiger partial charge < -0.3 is 14.9 Å². The second-order valence-electron chi connectivity index (χ2n) is 8.83. The molecule has 2 aliphatic rings. The van der Waals surface area contributed by atoms with Crippen LogP contribution in [0, 0.1) is 17.8 Å². The van der Waals surface area contributed by atoms with Gasteiger partial charge in [-0.25, -0.2) is 4.79 Å². The maximum absolute atomic E-state index is 11.5. The number of hydrogen-bond acceptors (Lipinski definition) is 6. The quantitative estimate of drug-likeness (QED) is 0.323. The third-order valence-corrected chi connectivity index (χ3v) is 6.84. The summed E-state index contributed by atoms with van der Waals surface area (Å²) < 4.78 is 5.70. The van der Waals surface area contributed by atoms with Crippen molar-refractivity contribution in [3.05, 3.63) is 29.3 Å². The van der Waals surface area contributed by atoms with Crippen molar-refractivity contribution in [1.82, 2.24) is 0 Å². The third-order valence-electron chi connectivity index (χ3n) is 6.84. The van der Waals surface area contributed by atoms with Crippen LogP contribution in [0.25, 0.3) is 0 Å². The van der Waals surface area contributed by atoms with Crippen molar-refractivity contribution in [3.63, 3.8) is 0 Å². The zero-order valence-corrected chi connectivity index (χ0v) is 18.2. The van der Waals surface area contributed by atoms with Gasteiger partial charge >= 0.3 is 5.97 Å². The second kappa shape index (κ2) is 11.1. The number of carbonyl (C=O) groups excluding carboxylic acids is 1. The summed E-state index contributed by atoms with van der Waals surface area (Å²) in [5.74, 6) is 1.22. The largest absolute Gasteiger partial charge is 0.481 e. The lowest BCUT2D eigenvalue weighted by molar-refractivity contribution is -0.256. The van der Waals surface area contributed by atoms with Gasteiger partial charge in [-0.3, -0.25) is 4.89 Å². The molecule has 0 saturated heterocycles. The maximum Gasteiger partial charge on any atom is 0.379 e. The number of aliphatic hydroxyl groups is 2. The lowest BCUT2D eigenvalue weighted by atomic mass is 9.73. The van der Waals surface area contributed by atoms with Gasteiger partial charge in [0.2, 0.25) is 0 Å². The van der Waals surface area contributed by atoms with Crippen LogP contribution in [-0.2, 0) is 27.4 Å². The fraction of sp³-hybridized carbons (Fsp3) is 0.708. The molecule has 168 valence electrons. The van der Waals surface area contributed by atoms with Gasteiger partial charge in [-0.05, 0) is 73.5 Å². The molecule has 6 heteroatoms. The molecule has 1 aromatic rings. The highest BCUT2D eigenvalue weighted by atomic mass is 17.2. The molecule has 2 N–H and O–H groups in total. The molecule has 0 spiro atoms. The van der Waals surface area contributed by atoms with E-state index in [0.29, 0.717) is 17.6 Å².